The van der Waals surface area contributed by atoms with Gasteiger partial charge < -0.3 is 15.1 Å². The number of pyridine rings is 1. The Labute approximate surface area is 231 Å². The van der Waals surface area contributed by atoms with Crippen molar-refractivity contribution in [1.82, 2.24) is 15.0 Å². The van der Waals surface area contributed by atoms with Gasteiger partial charge in [0.15, 0.2) is 0 Å². The Morgan fingerprint density at radius 1 is 1.12 bits per heavy atom. The number of primary sulfonamides is 1. The molecular weight excluding hydrogens is 543 g/mol. The van der Waals surface area contributed by atoms with Crippen molar-refractivity contribution in [2.75, 3.05) is 40.5 Å². The second-order valence-corrected chi connectivity index (χ2v) is 12.6. The summed E-state index contributed by atoms with van der Waals surface area (Å²) in [6.07, 6.45) is 0.0836. The number of nitrogens with zero attached hydrogens (tertiary/aromatic N) is 5. The van der Waals surface area contributed by atoms with Gasteiger partial charge in [-0.05, 0) is 54.5 Å². The topological polar surface area (TPSA) is 117 Å². The first-order valence-corrected chi connectivity index (χ1v) is 14.8. The third-order valence-corrected chi connectivity index (χ3v) is 8.45. The maximum absolute atomic E-state index is 13.6. The van der Waals surface area contributed by atoms with Crippen LogP contribution in [0.1, 0.15) is 49.1 Å². The first kappa shape index (κ1) is 28.1. The Kier molecular flexibility index (Phi) is 7.38. The minimum atomic E-state index is -4.50. The van der Waals surface area contributed by atoms with Crippen LogP contribution in [0.2, 0.25) is 0 Å². The van der Waals surface area contributed by atoms with E-state index in [-0.39, 0.29) is 23.5 Å². The minimum Gasteiger partial charge on any atom is -0.371 e. The monoisotopic (exact) mass is 575 g/mol. The van der Waals surface area contributed by atoms with E-state index in [1.165, 1.54) is 24.2 Å². The lowest BCUT2D eigenvalue weighted by atomic mass is 9.77. The average molecular weight is 576 g/mol. The molecule has 4 heterocycles. The van der Waals surface area contributed by atoms with Crippen LogP contribution >= 0.6 is 0 Å². The highest BCUT2D eigenvalue weighted by Gasteiger charge is 2.37. The molecule has 2 aliphatic heterocycles. The van der Waals surface area contributed by atoms with E-state index < -0.39 is 21.8 Å². The normalized spacial score (nSPS) is 16.9. The van der Waals surface area contributed by atoms with Crippen LogP contribution in [-0.4, -0.2) is 48.8 Å². The fourth-order valence-corrected chi connectivity index (χ4v) is 5.98. The Hall–Kier alpha value is -3.45. The quantitative estimate of drug-likeness (QED) is 0.427. The average Bonchev–Trinajstić information content (AvgIpc) is 2.89. The van der Waals surface area contributed by atoms with Crippen LogP contribution in [0.15, 0.2) is 42.9 Å². The second-order valence-electron chi connectivity index (χ2n) is 10.9. The maximum Gasteiger partial charge on any atom is 0.419 e. The molecule has 9 nitrogen and oxygen atoms in total. The number of sulfonamides is 1. The summed E-state index contributed by atoms with van der Waals surface area (Å²) < 4.78 is 63.6. The standard InChI is InChI=1S/C27H32F3N7O2S/c1-26(2)9-13-36(11-4-14-40(31,38)39)23-15-18(6-7-20(23)26)35-24-19-8-12-37(16-22(19)33-17-34-24)25-21(27(28,29)30)5-3-10-32-25/h3,5-7,10,15,17H,4,8-9,11-14,16H2,1-2H3,(H2,31,38,39)(H,33,34,35). The smallest absolute Gasteiger partial charge is 0.371 e. The molecule has 2 aromatic heterocycles. The zero-order chi connectivity index (χ0) is 28.7. The fourth-order valence-electron chi connectivity index (χ4n) is 5.45. The van der Waals surface area contributed by atoms with Crippen molar-refractivity contribution in [3.05, 3.63) is 65.2 Å². The lowest BCUT2D eigenvalue weighted by Gasteiger charge is -2.40. The lowest BCUT2D eigenvalue weighted by molar-refractivity contribution is -0.137. The van der Waals surface area contributed by atoms with Gasteiger partial charge in [0, 0.05) is 42.8 Å². The second kappa shape index (κ2) is 10.5. The predicted octanol–water partition coefficient (Wildman–Crippen LogP) is 4.36. The summed E-state index contributed by atoms with van der Waals surface area (Å²) in [5.41, 5.74) is 3.70. The zero-order valence-corrected chi connectivity index (χ0v) is 23.2. The lowest BCUT2D eigenvalue weighted by Crippen LogP contribution is -2.38. The van der Waals surface area contributed by atoms with Crippen LogP contribution in [0.25, 0.3) is 0 Å². The highest BCUT2D eigenvalue weighted by atomic mass is 32.2. The number of nitrogens with one attached hydrogen (secondary N) is 1. The van der Waals surface area contributed by atoms with Crippen LogP contribution in [0.3, 0.4) is 0 Å². The van der Waals surface area contributed by atoms with Crippen molar-refractivity contribution in [3.8, 4) is 0 Å². The Bertz CT molecular complexity index is 1510. The number of hydrogen-bond donors (Lipinski definition) is 2. The zero-order valence-electron chi connectivity index (χ0n) is 22.4. The van der Waals surface area contributed by atoms with Crippen LogP contribution in [0, 0.1) is 0 Å². The van der Waals surface area contributed by atoms with E-state index in [4.69, 9.17) is 5.14 Å². The molecule has 2 aliphatic rings. The molecule has 0 saturated carbocycles. The van der Waals surface area contributed by atoms with Gasteiger partial charge in [-0.15, -0.1) is 0 Å². The molecule has 0 saturated heterocycles. The van der Waals surface area contributed by atoms with Gasteiger partial charge in [0.1, 0.15) is 18.0 Å². The van der Waals surface area contributed by atoms with Crippen LogP contribution in [0.5, 0.6) is 0 Å². The molecule has 0 amide bonds. The van der Waals surface area contributed by atoms with E-state index in [2.05, 4.69) is 45.1 Å². The van der Waals surface area contributed by atoms with Crippen molar-refractivity contribution >= 4 is 33.0 Å². The molecule has 0 fully saturated rings. The number of aromatic nitrogens is 3. The Morgan fingerprint density at radius 3 is 2.67 bits per heavy atom. The fraction of sp³-hybridized carbons (Fsp3) is 0.444. The number of benzene rings is 1. The molecular formula is C27H32F3N7O2S. The molecule has 0 unspecified atom stereocenters. The summed E-state index contributed by atoms with van der Waals surface area (Å²) >= 11 is 0. The summed E-state index contributed by atoms with van der Waals surface area (Å²) in [7, 11) is -3.53. The van der Waals surface area contributed by atoms with Crippen LogP contribution < -0.4 is 20.3 Å². The first-order chi connectivity index (χ1) is 18.8. The van der Waals surface area contributed by atoms with Crippen LogP contribution in [-0.2, 0) is 34.6 Å². The Morgan fingerprint density at radius 2 is 1.93 bits per heavy atom. The van der Waals surface area contributed by atoms with Crippen molar-refractivity contribution < 1.29 is 21.6 Å². The van der Waals surface area contributed by atoms with E-state index in [0.717, 1.165) is 36.0 Å². The largest absolute Gasteiger partial charge is 0.419 e. The van der Waals surface area contributed by atoms with E-state index >= 15 is 0 Å². The third-order valence-electron chi connectivity index (χ3n) is 7.59. The number of fused-ring (bicyclic) bond motifs is 2. The summed E-state index contributed by atoms with van der Waals surface area (Å²) in [5.74, 6) is 0.429. The summed E-state index contributed by atoms with van der Waals surface area (Å²) in [4.78, 5) is 16.6. The molecule has 0 bridgehead atoms. The summed E-state index contributed by atoms with van der Waals surface area (Å²) in [6.45, 7) is 6.27. The van der Waals surface area contributed by atoms with E-state index in [1.54, 1.807) is 4.90 Å². The van der Waals surface area contributed by atoms with Gasteiger partial charge in [-0.2, -0.15) is 13.2 Å². The minimum absolute atomic E-state index is 0.0391. The molecule has 0 spiro atoms. The van der Waals surface area contributed by atoms with Crippen molar-refractivity contribution in [2.24, 2.45) is 5.14 Å². The molecule has 214 valence electrons. The predicted molar refractivity (Wildman–Crippen MR) is 148 cm³/mol. The van der Waals surface area contributed by atoms with Gasteiger partial charge in [0.25, 0.3) is 0 Å². The first-order valence-electron chi connectivity index (χ1n) is 13.1. The number of nitrogens with two attached hydrogens (primary N) is 1. The number of rotatable bonds is 7. The molecule has 40 heavy (non-hydrogen) atoms. The van der Waals surface area contributed by atoms with Crippen molar-refractivity contribution in [3.63, 3.8) is 0 Å². The van der Waals surface area contributed by atoms with Gasteiger partial charge in [-0.1, -0.05) is 19.9 Å². The molecule has 0 aliphatic carbocycles. The van der Waals surface area contributed by atoms with Gasteiger partial charge in [-0.25, -0.2) is 28.5 Å². The number of halogens is 3. The molecule has 0 atom stereocenters. The summed E-state index contributed by atoms with van der Waals surface area (Å²) in [5, 5.41) is 8.59. The van der Waals surface area contributed by atoms with Gasteiger partial charge in [0.2, 0.25) is 10.0 Å². The highest BCUT2D eigenvalue weighted by Crippen LogP contribution is 2.42. The van der Waals surface area contributed by atoms with E-state index in [9.17, 15) is 21.6 Å². The molecule has 1 aromatic carbocycles. The SMILES string of the molecule is CC1(C)CCN(CCCS(N)(=O)=O)c2cc(Nc3ncnc4c3CCN(c3ncccc3C(F)(F)F)C4)ccc21. The molecule has 5 rings (SSSR count). The van der Waals surface area contributed by atoms with Gasteiger partial charge >= 0.3 is 6.18 Å². The summed E-state index contributed by atoms with van der Waals surface area (Å²) in [6, 6.07) is 8.44. The highest BCUT2D eigenvalue weighted by molar-refractivity contribution is 7.89. The van der Waals surface area contributed by atoms with Crippen molar-refractivity contribution in [2.45, 2.75) is 51.2 Å². The maximum atomic E-state index is 13.6. The number of hydrogen-bond acceptors (Lipinski definition) is 8. The molecule has 3 aromatic rings. The van der Waals surface area contributed by atoms with E-state index in [0.29, 0.717) is 37.4 Å². The van der Waals surface area contributed by atoms with Crippen molar-refractivity contribution in [1.29, 1.82) is 0 Å². The van der Waals surface area contributed by atoms with E-state index in [1.807, 2.05) is 12.1 Å². The number of alkyl halides is 3. The molecule has 3 N–H and O–H groups in total. The molecule has 13 heteroatoms. The molecule has 0 radical (unpaired) electrons. The number of anilines is 4. The van der Waals surface area contributed by atoms with Gasteiger partial charge in [-0.3, -0.25) is 0 Å². The van der Waals surface area contributed by atoms with Crippen LogP contribution in [0.4, 0.5) is 36.2 Å². The Balaban J connectivity index is 1.39. The third kappa shape index (κ3) is 5.99. The van der Waals surface area contributed by atoms with Gasteiger partial charge in [0.05, 0.1) is 23.6 Å².